The van der Waals surface area contributed by atoms with Crippen LogP contribution >= 0.6 is 0 Å². The van der Waals surface area contributed by atoms with E-state index in [4.69, 9.17) is 9.57 Å². The van der Waals surface area contributed by atoms with Crippen molar-refractivity contribution in [3.05, 3.63) is 29.8 Å². The van der Waals surface area contributed by atoms with E-state index in [1.807, 2.05) is 24.3 Å². The lowest BCUT2D eigenvalue weighted by Gasteiger charge is -2.01. The number of rotatable bonds is 7. The van der Waals surface area contributed by atoms with E-state index in [1.54, 1.807) is 7.11 Å². The number of hydrogen-bond donors (Lipinski definition) is 0. The maximum Gasteiger partial charge on any atom is 0.142 e. The molecule has 3 heteroatoms. The van der Waals surface area contributed by atoms with Crippen LogP contribution in [-0.4, -0.2) is 13.3 Å². The minimum absolute atomic E-state index is 0.475. The molecule has 0 aliphatic carbocycles. The summed E-state index contributed by atoms with van der Waals surface area (Å²) in [5.41, 5.74) is 1.07. The Morgan fingerprint density at radius 1 is 1.25 bits per heavy atom. The number of unbranched alkanes of at least 4 members (excludes halogenated alkanes) is 2. The van der Waals surface area contributed by atoms with Gasteiger partial charge in [-0.25, -0.2) is 0 Å². The van der Waals surface area contributed by atoms with Crippen molar-refractivity contribution in [2.75, 3.05) is 7.11 Å². The Morgan fingerprint density at radius 3 is 2.62 bits per heavy atom. The van der Waals surface area contributed by atoms with Crippen LogP contribution in [0.1, 0.15) is 31.7 Å². The number of benzene rings is 1. The maximum absolute atomic E-state index is 5.11. The summed E-state index contributed by atoms with van der Waals surface area (Å²) in [5, 5.41) is 3.77. The van der Waals surface area contributed by atoms with Crippen LogP contribution in [0, 0.1) is 0 Å². The van der Waals surface area contributed by atoms with E-state index >= 15 is 0 Å². The molecule has 1 aromatic rings. The minimum atomic E-state index is 0.475. The van der Waals surface area contributed by atoms with E-state index in [0.29, 0.717) is 6.61 Å². The van der Waals surface area contributed by atoms with E-state index in [0.717, 1.165) is 30.6 Å². The molecule has 16 heavy (non-hydrogen) atoms. The molecule has 87 valence electrons. The van der Waals surface area contributed by atoms with Crippen LogP contribution in [0.5, 0.6) is 5.75 Å². The third-order valence-electron chi connectivity index (χ3n) is 2.16. The van der Waals surface area contributed by atoms with E-state index in [2.05, 4.69) is 18.3 Å². The third-order valence-corrected chi connectivity index (χ3v) is 2.16. The average Bonchev–Trinajstić information content (AvgIpc) is 2.34. The van der Waals surface area contributed by atoms with Crippen LogP contribution in [0.4, 0.5) is 0 Å². The number of hydrogen-bond acceptors (Lipinski definition) is 3. The fourth-order valence-electron chi connectivity index (χ4n) is 1.18. The monoisotopic (exact) mass is 220 g/mol. The fourth-order valence-corrected chi connectivity index (χ4v) is 1.18. The fraction of sp³-hybridized carbons (Fsp3) is 0.462. The van der Waals surface area contributed by atoms with Crippen LogP contribution in [0.15, 0.2) is 29.4 Å². The lowest BCUT2D eigenvalue weighted by atomic mass is 10.2. The van der Waals surface area contributed by atoms with E-state index < -0.39 is 0 Å². The molecule has 0 aliphatic rings. The second-order valence-corrected chi connectivity index (χ2v) is 3.47. The summed E-state index contributed by atoms with van der Waals surface area (Å²) in [5.74, 6) is 0.849. The van der Waals surface area contributed by atoms with Crippen molar-refractivity contribution in [2.24, 2.45) is 5.16 Å². The SMILES string of the molecule is CCCC/[C]=N/OCc1ccc(OC)cc1. The van der Waals surface area contributed by atoms with Gasteiger partial charge in [-0.15, -0.1) is 0 Å². The topological polar surface area (TPSA) is 30.8 Å². The molecule has 0 saturated heterocycles. The van der Waals surface area contributed by atoms with Gasteiger partial charge >= 0.3 is 0 Å². The van der Waals surface area contributed by atoms with Gasteiger partial charge in [-0.05, 0) is 30.5 Å². The maximum atomic E-state index is 5.11. The van der Waals surface area contributed by atoms with Gasteiger partial charge in [0.1, 0.15) is 18.6 Å². The van der Waals surface area contributed by atoms with E-state index in [-0.39, 0.29) is 0 Å². The summed E-state index contributed by atoms with van der Waals surface area (Å²) in [6.07, 6.45) is 5.98. The lowest BCUT2D eigenvalue weighted by molar-refractivity contribution is 0.131. The molecule has 0 bridgehead atoms. The quantitative estimate of drug-likeness (QED) is 0.401. The molecule has 0 saturated carbocycles. The molecule has 0 spiro atoms. The summed E-state index contributed by atoms with van der Waals surface area (Å²) >= 11 is 0. The minimum Gasteiger partial charge on any atom is -0.497 e. The van der Waals surface area contributed by atoms with Gasteiger partial charge in [-0.1, -0.05) is 30.6 Å². The first kappa shape index (κ1) is 12.6. The van der Waals surface area contributed by atoms with Crippen molar-refractivity contribution in [1.29, 1.82) is 0 Å². The normalized spacial score (nSPS) is 10.6. The Kier molecular flexibility index (Phi) is 6.07. The van der Waals surface area contributed by atoms with Gasteiger partial charge in [0, 0.05) is 0 Å². The molecule has 0 fully saturated rings. The zero-order valence-electron chi connectivity index (χ0n) is 9.90. The van der Waals surface area contributed by atoms with Gasteiger partial charge in [0.15, 0.2) is 0 Å². The van der Waals surface area contributed by atoms with Crippen molar-refractivity contribution < 1.29 is 9.57 Å². The van der Waals surface area contributed by atoms with Crippen LogP contribution in [0.3, 0.4) is 0 Å². The first-order chi connectivity index (χ1) is 7.86. The zero-order valence-corrected chi connectivity index (χ0v) is 9.90. The summed E-state index contributed by atoms with van der Waals surface area (Å²) in [7, 11) is 1.65. The Labute approximate surface area is 97.1 Å². The van der Waals surface area contributed by atoms with Crippen LogP contribution in [0.2, 0.25) is 0 Å². The van der Waals surface area contributed by atoms with Crippen molar-refractivity contribution in [3.8, 4) is 5.75 Å². The highest BCUT2D eigenvalue weighted by Crippen LogP contribution is 2.11. The summed E-state index contributed by atoms with van der Waals surface area (Å²) in [4.78, 5) is 5.11. The predicted octanol–water partition coefficient (Wildman–Crippen LogP) is 3.26. The van der Waals surface area contributed by atoms with E-state index in [9.17, 15) is 0 Å². The van der Waals surface area contributed by atoms with Crippen LogP contribution in [-0.2, 0) is 11.4 Å². The summed E-state index contributed by atoms with van der Waals surface area (Å²) < 4.78 is 5.06. The van der Waals surface area contributed by atoms with Crippen LogP contribution < -0.4 is 4.74 Å². The molecule has 0 aromatic heterocycles. The molecule has 0 N–H and O–H groups in total. The number of methoxy groups -OCH3 is 1. The van der Waals surface area contributed by atoms with Gasteiger partial charge in [0.05, 0.1) is 7.11 Å². The van der Waals surface area contributed by atoms with Gasteiger partial charge in [0.25, 0.3) is 0 Å². The molecule has 1 radical (unpaired) electrons. The zero-order chi connectivity index (χ0) is 11.6. The summed E-state index contributed by atoms with van der Waals surface area (Å²) in [6.45, 7) is 2.61. The molecule has 0 amide bonds. The van der Waals surface area contributed by atoms with Gasteiger partial charge in [-0.2, -0.15) is 0 Å². The molecular weight excluding hydrogens is 202 g/mol. The molecule has 0 atom stereocenters. The number of nitrogens with zero attached hydrogens (tertiary/aromatic N) is 1. The largest absolute Gasteiger partial charge is 0.497 e. The standard InChI is InChI=1S/C13H18NO2/c1-3-4-5-10-14-16-11-12-6-8-13(15-2)9-7-12/h6-9H,3-5,11H2,1-2H3. The first-order valence-electron chi connectivity index (χ1n) is 5.54. The second kappa shape index (κ2) is 7.74. The first-order valence-corrected chi connectivity index (χ1v) is 5.54. The van der Waals surface area contributed by atoms with Crippen molar-refractivity contribution >= 4 is 6.21 Å². The summed E-state index contributed by atoms with van der Waals surface area (Å²) in [6, 6.07) is 7.73. The van der Waals surface area contributed by atoms with Gasteiger partial charge in [0.2, 0.25) is 0 Å². The molecular formula is C13H18NO2. The third kappa shape index (κ3) is 4.82. The Hall–Kier alpha value is -1.51. The lowest BCUT2D eigenvalue weighted by Crippen LogP contribution is -1.88. The molecule has 0 heterocycles. The highest BCUT2D eigenvalue weighted by molar-refractivity contribution is 5.56. The van der Waals surface area contributed by atoms with Crippen molar-refractivity contribution in [1.82, 2.24) is 0 Å². The molecule has 1 rings (SSSR count). The molecule has 1 aromatic carbocycles. The van der Waals surface area contributed by atoms with Gasteiger partial charge < -0.3 is 9.57 Å². The molecule has 0 unspecified atom stereocenters. The smallest absolute Gasteiger partial charge is 0.142 e. The Balaban J connectivity index is 2.23. The number of ether oxygens (including phenoxy) is 1. The van der Waals surface area contributed by atoms with Crippen molar-refractivity contribution in [2.45, 2.75) is 32.8 Å². The van der Waals surface area contributed by atoms with Crippen molar-refractivity contribution in [3.63, 3.8) is 0 Å². The van der Waals surface area contributed by atoms with Crippen LogP contribution in [0.25, 0.3) is 0 Å². The van der Waals surface area contributed by atoms with Gasteiger partial charge in [-0.3, -0.25) is 0 Å². The highest BCUT2D eigenvalue weighted by atomic mass is 16.6. The average molecular weight is 220 g/mol. The molecule has 0 aliphatic heterocycles. The Morgan fingerprint density at radius 2 is 2.00 bits per heavy atom. The highest BCUT2D eigenvalue weighted by Gasteiger charge is 1.93. The molecule has 3 nitrogen and oxygen atoms in total. The predicted molar refractivity (Wildman–Crippen MR) is 64.7 cm³/mol. The van der Waals surface area contributed by atoms with E-state index in [1.165, 1.54) is 0 Å². The second-order valence-electron chi connectivity index (χ2n) is 3.47. The Bertz CT molecular complexity index is 306.